The van der Waals surface area contributed by atoms with Crippen LogP contribution in [0.25, 0.3) is 0 Å². The van der Waals surface area contributed by atoms with Crippen LogP contribution in [-0.4, -0.2) is 18.4 Å². The quantitative estimate of drug-likeness (QED) is 0.807. The van der Waals surface area contributed by atoms with E-state index < -0.39 is 41.5 Å². The third-order valence-corrected chi connectivity index (χ3v) is 4.66. The van der Waals surface area contributed by atoms with Crippen LogP contribution in [0.3, 0.4) is 0 Å². The summed E-state index contributed by atoms with van der Waals surface area (Å²) in [6.07, 6.45) is 0.805. The van der Waals surface area contributed by atoms with E-state index in [1.165, 1.54) is 11.3 Å². The van der Waals surface area contributed by atoms with Crippen molar-refractivity contribution in [3.8, 4) is 0 Å². The Labute approximate surface area is 140 Å². The van der Waals surface area contributed by atoms with Crippen LogP contribution in [0.2, 0.25) is 0 Å². The zero-order chi connectivity index (χ0) is 17.9. The van der Waals surface area contributed by atoms with Crippen molar-refractivity contribution >= 4 is 28.8 Å². The molecule has 0 radical (unpaired) electrons. The van der Waals surface area contributed by atoms with E-state index in [1.54, 1.807) is 6.07 Å². The zero-order valence-corrected chi connectivity index (χ0v) is 13.8. The molecule has 24 heavy (non-hydrogen) atoms. The first-order valence-electron chi connectivity index (χ1n) is 7.14. The molecular formula is C16H15F3N2O2S. The number of thiophene rings is 1. The molecule has 0 atom stereocenters. The average Bonchev–Trinajstić information content (AvgIpc) is 2.94. The molecule has 2 N–H and O–H groups in total. The highest BCUT2D eigenvalue weighted by atomic mass is 32.1. The predicted molar refractivity (Wildman–Crippen MR) is 85.7 cm³/mol. The molecule has 0 unspecified atom stereocenters. The Morgan fingerprint density at radius 1 is 1.17 bits per heavy atom. The van der Waals surface area contributed by atoms with Crippen molar-refractivity contribution < 1.29 is 22.8 Å². The Balaban J connectivity index is 1.95. The van der Waals surface area contributed by atoms with Gasteiger partial charge in [-0.25, -0.2) is 13.2 Å². The maximum absolute atomic E-state index is 13.5. The van der Waals surface area contributed by atoms with Crippen LogP contribution < -0.4 is 10.6 Å². The number of anilines is 1. The summed E-state index contributed by atoms with van der Waals surface area (Å²) < 4.78 is 39.4. The van der Waals surface area contributed by atoms with Gasteiger partial charge in [0.1, 0.15) is 0 Å². The van der Waals surface area contributed by atoms with Crippen LogP contribution in [0.1, 0.15) is 27.0 Å². The molecule has 0 spiro atoms. The molecule has 2 aromatic rings. The summed E-state index contributed by atoms with van der Waals surface area (Å²) in [5, 5.41) is 4.48. The third kappa shape index (κ3) is 3.94. The molecule has 1 aromatic heterocycles. The highest BCUT2D eigenvalue weighted by Crippen LogP contribution is 2.22. The molecular weight excluding hydrogens is 341 g/mol. The summed E-state index contributed by atoms with van der Waals surface area (Å²) >= 11 is 1.33. The summed E-state index contributed by atoms with van der Waals surface area (Å²) in [7, 11) is 0. The zero-order valence-electron chi connectivity index (χ0n) is 13.0. The Bertz CT molecular complexity index is 790. The average molecular weight is 356 g/mol. The lowest BCUT2D eigenvalue weighted by atomic mass is 10.2. The topological polar surface area (TPSA) is 58.2 Å². The molecule has 0 fully saturated rings. The van der Waals surface area contributed by atoms with Crippen LogP contribution in [-0.2, 0) is 11.2 Å². The summed E-state index contributed by atoms with van der Waals surface area (Å²) in [5.41, 5.74) is 0.509. The van der Waals surface area contributed by atoms with Crippen molar-refractivity contribution in [1.82, 2.24) is 5.32 Å². The minimum Gasteiger partial charge on any atom is -0.342 e. The van der Waals surface area contributed by atoms with Gasteiger partial charge in [0.25, 0.3) is 5.91 Å². The van der Waals surface area contributed by atoms with Crippen LogP contribution in [0.4, 0.5) is 18.9 Å². The number of hydrogen-bond donors (Lipinski definition) is 2. The number of halogens is 3. The number of aryl methyl sites for hydroxylation is 2. The van der Waals surface area contributed by atoms with E-state index in [1.807, 2.05) is 13.8 Å². The third-order valence-electron chi connectivity index (χ3n) is 3.28. The number of nitrogens with one attached hydrogen (secondary N) is 2. The van der Waals surface area contributed by atoms with E-state index in [2.05, 4.69) is 10.6 Å². The summed E-state index contributed by atoms with van der Waals surface area (Å²) in [6, 6.07) is 3.34. The van der Waals surface area contributed by atoms with E-state index in [0.717, 1.165) is 22.9 Å². The maximum atomic E-state index is 13.5. The van der Waals surface area contributed by atoms with E-state index in [0.29, 0.717) is 10.9 Å². The van der Waals surface area contributed by atoms with E-state index in [-0.39, 0.29) is 0 Å². The number of carbonyl (C=O) groups is 2. The molecule has 0 bridgehead atoms. The molecule has 4 nitrogen and oxygen atoms in total. The summed E-state index contributed by atoms with van der Waals surface area (Å²) in [5.74, 6) is -5.69. The van der Waals surface area contributed by atoms with Crippen LogP contribution in [0.5, 0.6) is 0 Å². The Kier molecular flexibility index (Phi) is 5.61. The van der Waals surface area contributed by atoms with Gasteiger partial charge in [-0.1, -0.05) is 6.92 Å². The van der Waals surface area contributed by atoms with Crippen molar-refractivity contribution in [1.29, 1.82) is 0 Å². The Hall–Kier alpha value is -2.35. The van der Waals surface area contributed by atoms with Gasteiger partial charge < -0.3 is 10.6 Å². The van der Waals surface area contributed by atoms with Gasteiger partial charge in [0, 0.05) is 4.88 Å². The smallest absolute Gasteiger partial charge is 0.261 e. The van der Waals surface area contributed by atoms with Gasteiger partial charge in [-0.3, -0.25) is 9.59 Å². The lowest BCUT2D eigenvalue weighted by Gasteiger charge is -2.08. The predicted octanol–water partition coefficient (Wildman–Crippen LogP) is 3.40. The van der Waals surface area contributed by atoms with Gasteiger partial charge >= 0.3 is 0 Å². The highest BCUT2D eigenvalue weighted by molar-refractivity contribution is 7.14. The maximum Gasteiger partial charge on any atom is 0.261 e. The molecule has 0 aliphatic carbocycles. The fourth-order valence-corrected chi connectivity index (χ4v) is 3.08. The summed E-state index contributed by atoms with van der Waals surface area (Å²) in [4.78, 5) is 25.3. The van der Waals surface area contributed by atoms with Gasteiger partial charge in [-0.2, -0.15) is 0 Å². The van der Waals surface area contributed by atoms with Gasteiger partial charge in [-0.15, -0.1) is 11.3 Å². The molecule has 1 heterocycles. The fraction of sp³-hybridized carbons (Fsp3) is 0.250. The van der Waals surface area contributed by atoms with Crippen molar-refractivity contribution in [3.05, 3.63) is 51.0 Å². The summed E-state index contributed by atoms with van der Waals surface area (Å²) in [6.45, 7) is 3.45. The minimum atomic E-state index is -1.67. The molecule has 0 aliphatic heterocycles. The van der Waals surface area contributed by atoms with Crippen LogP contribution in [0.15, 0.2) is 18.2 Å². The first-order chi connectivity index (χ1) is 11.3. The lowest BCUT2D eigenvalue weighted by molar-refractivity contribution is -0.115. The van der Waals surface area contributed by atoms with Crippen molar-refractivity contribution in [2.75, 3.05) is 11.9 Å². The second kappa shape index (κ2) is 7.48. The number of hydrogen-bond acceptors (Lipinski definition) is 3. The molecule has 8 heteroatoms. The number of rotatable bonds is 5. The molecule has 0 saturated heterocycles. The molecule has 128 valence electrons. The van der Waals surface area contributed by atoms with E-state index in [9.17, 15) is 22.8 Å². The van der Waals surface area contributed by atoms with Crippen molar-refractivity contribution in [3.63, 3.8) is 0 Å². The molecule has 2 amide bonds. The van der Waals surface area contributed by atoms with E-state index >= 15 is 0 Å². The molecule has 1 aromatic carbocycles. The van der Waals surface area contributed by atoms with Gasteiger partial charge in [0.2, 0.25) is 5.91 Å². The molecule has 0 aliphatic rings. The second-order valence-corrected chi connectivity index (χ2v) is 6.16. The Morgan fingerprint density at radius 2 is 1.88 bits per heavy atom. The first-order valence-corrected chi connectivity index (χ1v) is 7.96. The number of benzene rings is 1. The first kappa shape index (κ1) is 18.0. The standard InChI is InChI=1S/C16H15F3N2O2S/c1-3-11-8(2)6-12(24-11)16(23)20-7-13(22)21-10-5-4-9(17)14(18)15(10)19/h4-6H,3,7H2,1-2H3,(H,20,23)(H,21,22). The number of amides is 2. The van der Waals surface area contributed by atoms with Crippen LogP contribution >= 0.6 is 11.3 Å². The monoisotopic (exact) mass is 356 g/mol. The van der Waals surface area contributed by atoms with Gasteiger partial charge in [-0.05, 0) is 37.1 Å². The van der Waals surface area contributed by atoms with Crippen LogP contribution in [0, 0.1) is 24.4 Å². The van der Waals surface area contributed by atoms with Crippen molar-refractivity contribution in [2.45, 2.75) is 20.3 Å². The van der Waals surface area contributed by atoms with Gasteiger partial charge in [0.15, 0.2) is 17.5 Å². The number of carbonyl (C=O) groups excluding carboxylic acids is 2. The lowest BCUT2D eigenvalue weighted by Crippen LogP contribution is -2.32. The largest absolute Gasteiger partial charge is 0.342 e. The normalized spacial score (nSPS) is 10.5. The Morgan fingerprint density at radius 3 is 2.50 bits per heavy atom. The second-order valence-electron chi connectivity index (χ2n) is 5.02. The highest BCUT2D eigenvalue weighted by Gasteiger charge is 2.16. The SMILES string of the molecule is CCc1sc(C(=O)NCC(=O)Nc2ccc(F)c(F)c2F)cc1C. The van der Waals surface area contributed by atoms with E-state index in [4.69, 9.17) is 0 Å². The molecule has 0 saturated carbocycles. The van der Waals surface area contributed by atoms with Gasteiger partial charge in [0.05, 0.1) is 17.1 Å². The molecule has 2 rings (SSSR count). The van der Waals surface area contributed by atoms with Crippen molar-refractivity contribution in [2.24, 2.45) is 0 Å². The minimum absolute atomic E-state index is 0.421. The fourth-order valence-electron chi connectivity index (χ4n) is 2.05.